The second-order valence-corrected chi connectivity index (χ2v) is 6.52. The molecule has 0 fully saturated rings. The fraction of sp³-hybridized carbons (Fsp3) is 0.238. The van der Waals surface area contributed by atoms with Crippen molar-refractivity contribution in [1.82, 2.24) is 9.88 Å². The van der Waals surface area contributed by atoms with Gasteiger partial charge in [-0.25, -0.2) is 0 Å². The van der Waals surface area contributed by atoms with Crippen LogP contribution >= 0.6 is 0 Å². The molecule has 26 heavy (non-hydrogen) atoms. The fourth-order valence-corrected chi connectivity index (χ4v) is 3.68. The molecule has 0 unspecified atom stereocenters. The summed E-state index contributed by atoms with van der Waals surface area (Å²) in [5.41, 5.74) is 3.24. The van der Waals surface area contributed by atoms with E-state index in [1.165, 1.54) is 4.90 Å². The first-order valence-corrected chi connectivity index (χ1v) is 8.86. The van der Waals surface area contributed by atoms with Crippen molar-refractivity contribution in [2.45, 2.75) is 13.0 Å². The average Bonchev–Trinajstić information content (AvgIpc) is 2.83. The molecule has 0 aliphatic carbocycles. The van der Waals surface area contributed by atoms with Crippen LogP contribution in [-0.2, 0) is 17.8 Å². The zero-order chi connectivity index (χ0) is 18.1. The van der Waals surface area contributed by atoms with Gasteiger partial charge in [0.05, 0.1) is 5.56 Å². The number of anilines is 1. The van der Waals surface area contributed by atoms with Crippen molar-refractivity contribution in [3.8, 4) is 0 Å². The van der Waals surface area contributed by atoms with Gasteiger partial charge in [0.15, 0.2) is 0 Å². The number of ketones is 1. The summed E-state index contributed by atoms with van der Waals surface area (Å²) in [5.74, 6) is -0.948. The predicted octanol–water partition coefficient (Wildman–Crippen LogP) is 2.63. The van der Waals surface area contributed by atoms with Crippen LogP contribution in [0.3, 0.4) is 0 Å². The third-order valence-corrected chi connectivity index (χ3v) is 5.00. The maximum absolute atomic E-state index is 13.2. The topological polar surface area (TPSA) is 54.3 Å². The molecule has 2 aromatic carbocycles. The number of fused-ring (bicyclic) bond motifs is 3. The van der Waals surface area contributed by atoms with Crippen LogP contribution in [-0.4, -0.2) is 36.4 Å². The normalized spacial score (nSPS) is 13.9. The van der Waals surface area contributed by atoms with Gasteiger partial charge in [-0.3, -0.25) is 9.59 Å². The quantitative estimate of drug-likeness (QED) is 0.585. The summed E-state index contributed by atoms with van der Waals surface area (Å²) >= 11 is 0. The van der Waals surface area contributed by atoms with Gasteiger partial charge in [-0.15, -0.1) is 0 Å². The summed E-state index contributed by atoms with van der Waals surface area (Å²) in [6.45, 7) is 2.46. The third-order valence-electron chi connectivity index (χ3n) is 5.00. The Balaban J connectivity index is 1.80. The van der Waals surface area contributed by atoms with Crippen molar-refractivity contribution in [2.75, 3.05) is 25.0 Å². The molecular formula is C21H21N3O2. The number of hydrogen-bond acceptors (Lipinski definition) is 3. The smallest absolute Gasteiger partial charge is 0.299 e. The van der Waals surface area contributed by atoms with E-state index in [0.29, 0.717) is 11.3 Å². The summed E-state index contributed by atoms with van der Waals surface area (Å²) in [6, 6.07) is 17.1. The molecule has 0 radical (unpaired) electrons. The first-order chi connectivity index (χ1) is 12.7. The lowest BCUT2D eigenvalue weighted by Gasteiger charge is -2.16. The minimum Gasteiger partial charge on any atom is -0.343 e. The largest absolute Gasteiger partial charge is 0.343 e. The summed E-state index contributed by atoms with van der Waals surface area (Å²) in [4.78, 5) is 27.5. The zero-order valence-corrected chi connectivity index (χ0v) is 14.7. The molecule has 2 heterocycles. The number of hydrogen-bond donors (Lipinski definition) is 1. The molecule has 1 aromatic heterocycles. The number of para-hydroxylation sites is 2. The highest BCUT2D eigenvalue weighted by atomic mass is 16.2. The molecule has 1 aliphatic heterocycles. The van der Waals surface area contributed by atoms with E-state index in [1.54, 1.807) is 7.05 Å². The molecule has 0 spiro atoms. The van der Waals surface area contributed by atoms with E-state index in [2.05, 4.69) is 9.88 Å². The van der Waals surface area contributed by atoms with E-state index in [0.717, 1.165) is 42.7 Å². The molecule has 1 aliphatic rings. The van der Waals surface area contributed by atoms with Crippen LogP contribution in [0.1, 0.15) is 16.1 Å². The van der Waals surface area contributed by atoms with Crippen molar-refractivity contribution in [1.29, 1.82) is 0 Å². The molecule has 0 atom stereocenters. The number of nitrogens with zero attached hydrogens (tertiary/aromatic N) is 2. The monoisotopic (exact) mass is 347 g/mol. The van der Waals surface area contributed by atoms with Gasteiger partial charge in [-0.05, 0) is 18.2 Å². The summed E-state index contributed by atoms with van der Waals surface area (Å²) in [7, 11) is 1.65. The van der Waals surface area contributed by atoms with Crippen LogP contribution in [0.2, 0.25) is 0 Å². The van der Waals surface area contributed by atoms with Crippen molar-refractivity contribution in [2.24, 2.45) is 0 Å². The van der Waals surface area contributed by atoms with E-state index in [4.69, 9.17) is 0 Å². The lowest BCUT2D eigenvalue weighted by Crippen LogP contribution is -2.33. The van der Waals surface area contributed by atoms with Gasteiger partial charge in [0.1, 0.15) is 0 Å². The molecule has 0 bridgehead atoms. The SMILES string of the molecule is CN(C(=O)C(=O)c1c2n(c3ccccc13)CCNCC2)c1ccccc1. The lowest BCUT2D eigenvalue weighted by atomic mass is 10.0. The molecule has 0 saturated heterocycles. The van der Waals surface area contributed by atoms with E-state index in [-0.39, 0.29) is 0 Å². The lowest BCUT2D eigenvalue weighted by molar-refractivity contribution is -0.114. The first kappa shape index (κ1) is 16.5. The molecule has 1 N–H and O–H groups in total. The predicted molar refractivity (Wildman–Crippen MR) is 103 cm³/mol. The number of likely N-dealkylation sites (N-methyl/N-ethyl adjacent to an activating group) is 1. The fourth-order valence-electron chi connectivity index (χ4n) is 3.68. The zero-order valence-electron chi connectivity index (χ0n) is 14.7. The minimum absolute atomic E-state index is 0.441. The molecule has 5 heteroatoms. The summed E-state index contributed by atoms with van der Waals surface area (Å²) in [5, 5.41) is 4.23. The third kappa shape index (κ3) is 2.70. The van der Waals surface area contributed by atoms with Crippen LogP contribution in [0.15, 0.2) is 54.6 Å². The number of carbonyl (C=O) groups excluding carboxylic acids is 2. The molecule has 0 saturated carbocycles. The molecule has 132 valence electrons. The Morgan fingerprint density at radius 1 is 1.00 bits per heavy atom. The van der Waals surface area contributed by atoms with E-state index >= 15 is 0 Å². The van der Waals surface area contributed by atoms with Gasteiger partial charge < -0.3 is 14.8 Å². The van der Waals surface area contributed by atoms with E-state index < -0.39 is 11.7 Å². The van der Waals surface area contributed by atoms with Crippen LogP contribution in [0.4, 0.5) is 5.69 Å². The molecule has 1 amide bonds. The van der Waals surface area contributed by atoms with Gasteiger partial charge in [0, 0.05) is 55.4 Å². The maximum atomic E-state index is 13.2. The van der Waals surface area contributed by atoms with Crippen LogP contribution < -0.4 is 10.2 Å². The van der Waals surface area contributed by atoms with Gasteiger partial charge in [0.2, 0.25) is 0 Å². The molecular weight excluding hydrogens is 326 g/mol. The van der Waals surface area contributed by atoms with Gasteiger partial charge >= 0.3 is 0 Å². The van der Waals surface area contributed by atoms with Gasteiger partial charge in [-0.2, -0.15) is 0 Å². The Morgan fingerprint density at radius 3 is 2.54 bits per heavy atom. The summed E-state index contributed by atoms with van der Waals surface area (Å²) < 4.78 is 2.18. The highest BCUT2D eigenvalue weighted by molar-refractivity contribution is 6.49. The number of Topliss-reactive ketones (excluding diaryl/α,β-unsaturated/α-hetero) is 1. The number of aromatic nitrogens is 1. The second kappa shape index (κ2) is 6.77. The first-order valence-electron chi connectivity index (χ1n) is 8.86. The number of carbonyl (C=O) groups is 2. The Kier molecular flexibility index (Phi) is 4.31. The molecule has 4 rings (SSSR count). The highest BCUT2D eigenvalue weighted by Crippen LogP contribution is 2.28. The van der Waals surface area contributed by atoms with Crippen molar-refractivity contribution in [3.63, 3.8) is 0 Å². The Labute approximate surface area is 152 Å². The van der Waals surface area contributed by atoms with E-state index in [9.17, 15) is 9.59 Å². The van der Waals surface area contributed by atoms with Gasteiger partial charge in [-0.1, -0.05) is 36.4 Å². The number of benzene rings is 2. The van der Waals surface area contributed by atoms with Crippen LogP contribution in [0.5, 0.6) is 0 Å². The Morgan fingerprint density at radius 2 is 1.73 bits per heavy atom. The number of rotatable bonds is 3. The number of nitrogens with one attached hydrogen (secondary N) is 1. The standard InChI is InChI=1S/C21H21N3O2/c1-23(15-7-3-2-4-8-15)21(26)20(25)19-16-9-5-6-10-17(16)24-14-13-22-12-11-18(19)24/h2-10,22H,11-14H2,1H3. The minimum atomic E-state index is -0.507. The average molecular weight is 347 g/mol. The van der Waals surface area contributed by atoms with Crippen LogP contribution in [0.25, 0.3) is 10.9 Å². The van der Waals surface area contributed by atoms with Crippen LogP contribution in [0, 0.1) is 0 Å². The Bertz CT molecular complexity index is 976. The molecule has 3 aromatic rings. The van der Waals surface area contributed by atoms with E-state index in [1.807, 2.05) is 54.6 Å². The Hall–Kier alpha value is -2.92. The number of amides is 1. The van der Waals surface area contributed by atoms with Crippen molar-refractivity contribution < 1.29 is 9.59 Å². The van der Waals surface area contributed by atoms with Crippen molar-refractivity contribution >= 4 is 28.3 Å². The summed E-state index contributed by atoms with van der Waals surface area (Å²) in [6.07, 6.45) is 0.734. The van der Waals surface area contributed by atoms with Crippen molar-refractivity contribution in [3.05, 3.63) is 65.9 Å². The second-order valence-electron chi connectivity index (χ2n) is 6.52. The molecule has 5 nitrogen and oxygen atoms in total. The van der Waals surface area contributed by atoms with Gasteiger partial charge in [0.25, 0.3) is 11.7 Å². The highest BCUT2D eigenvalue weighted by Gasteiger charge is 2.29. The maximum Gasteiger partial charge on any atom is 0.299 e.